The minimum atomic E-state index is -4.05. The van der Waals surface area contributed by atoms with Gasteiger partial charge in [-0.2, -0.15) is 0 Å². The Morgan fingerprint density at radius 3 is 2.60 bits per heavy atom. The number of nitrogens with zero attached hydrogens (tertiary/aromatic N) is 1. The molecule has 43 heavy (non-hydrogen) atoms. The highest BCUT2D eigenvalue weighted by Gasteiger charge is 2.53. The van der Waals surface area contributed by atoms with Crippen molar-refractivity contribution in [3.8, 4) is 5.75 Å². The fraction of sp³-hybridized carbons (Fsp3) is 0.433. The molecule has 1 aliphatic heterocycles. The molecule has 2 aliphatic rings. The lowest BCUT2D eigenvalue weighted by atomic mass is 10.0. The Kier molecular flexibility index (Phi) is 9.31. The number of ether oxygens (including phenoxy) is 1. The third kappa shape index (κ3) is 7.14. The topological polar surface area (TPSA) is 134 Å². The van der Waals surface area contributed by atoms with Crippen molar-refractivity contribution in [2.75, 3.05) is 26.7 Å². The molecule has 1 aliphatic carbocycles. The van der Waals surface area contributed by atoms with Crippen molar-refractivity contribution in [2.45, 2.75) is 43.7 Å². The lowest BCUT2D eigenvalue weighted by molar-refractivity contribution is -0.132. The second kappa shape index (κ2) is 12.8. The second-order valence-corrected chi connectivity index (χ2v) is 14.7. The van der Waals surface area contributed by atoms with Crippen molar-refractivity contribution in [3.05, 3.63) is 58.4 Å². The summed E-state index contributed by atoms with van der Waals surface area (Å²) in [6.45, 7) is 4.26. The van der Waals surface area contributed by atoms with Gasteiger partial charge in [-0.3, -0.25) is 14.4 Å². The van der Waals surface area contributed by atoms with Crippen molar-refractivity contribution in [1.29, 1.82) is 0 Å². The molecule has 3 N–H and O–H groups in total. The summed E-state index contributed by atoms with van der Waals surface area (Å²) in [5.41, 5.74) is 0. The summed E-state index contributed by atoms with van der Waals surface area (Å²) in [5, 5.41) is 6.82. The number of piperidine rings is 1. The predicted molar refractivity (Wildman–Crippen MR) is 166 cm³/mol. The SMILES string of the molecule is COc1ccc(S(=O)(=O)NCC(=O)N2C[C@@H]3CC3[C@H]2CNC(=O)C(CC(C)C)NC(=O)c2cc3ccccc3s2)c(Cl)c1. The number of fused-ring (bicyclic) bond motifs is 2. The molecule has 0 radical (unpaired) electrons. The maximum absolute atomic E-state index is 13.3. The fourth-order valence-corrected chi connectivity index (χ4v) is 8.11. The van der Waals surface area contributed by atoms with E-state index in [1.54, 1.807) is 4.90 Å². The lowest BCUT2D eigenvalue weighted by Gasteiger charge is -2.29. The van der Waals surface area contributed by atoms with E-state index in [-0.39, 0.29) is 52.1 Å². The summed E-state index contributed by atoms with van der Waals surface area (Å²) in [6, 6.07) is 12.8. The maximum atomic E-state index is 13.3. The van der Waals surface area contributed by atoms with Crippen molar-refractivity contribution in [3.63, 3.8) is 0 Å². The standard InChI is InChI=1S/C30H35ClN4O6S2/c1-17(2)10-23(34-30(38)26-12-18-6-4-5-7-25(18)42-26)29(37)32-14-24-21-11-19(21)16-35(24)28(36)15-33-43(39,40)27-9-8-20(41-3)13-22(27)31/h4-9,12-13,17,19,21,23-24,33H,10-11,14-16H2,1-3H3,(H,32,37)(H,34,38)/t19-,21?,23?,24+/m0/s1. The smallest absolute Gasteiger partial charge is 0.262 e. The number of benzene rings is 2. The summed E-state index contributed by atoms with van der Waals surface area (Å²) in [4.78, 5) is 41.6. The molecule has 5 rings (SSSR count). The molecule has 0 spiro atoms. The van der Waals surface area contributed by atoms with Crippen LogP contribution >= 0.6 is 22.9 Å². The van der Waals surface area contributed by atoms with Crippen molar-refractivity contribution < 1.29 is 27.5 Å². The average Bonchev–Trinajstić information content (AvgIpc) is 3.44. The normalized spacial score (nSPS) is 20.1. The molecule has 3 amide bonds. The number of hydrogen-bond donors (Lipinski definition) is 3. The van der Waals surface area contributed by atoms with E-state index < -0.39 is 22.6 Å². The second-order valence-electron chi connectivity index (χ2n) is 11.4. The predicted octanol–water partition coefficient (Wildman–Crippen LogP) is 3.65. The molecule has 10 nitrogen and oxygen atoms in total. The van der Waals surface area contributed by atoms with Gasteiger partial charge in [0.1, 0.15) is 16.7 Å². The summed E-state index contributed by atoms with van der Waals surface area (Å²) >= 11 is 7.51. The Balaban J connectivity index is 1.19. The highest BCUT2D eigenvalue weighted by atomic mass is 35.5. The molecule has 1 saturated carbocycles. The van der Waals surface area contributed by atoms with Gasteiger partial charge in [0.2, 0.25) is 21.8 Å². The van der Waals surface area contributed by atoms with E-state index in [2.05, 4.69) is 15.4 Å². The van der Waals surface area contributed by atoms with Crippen LogP contribution < -0.4 is 20.1 Å². The van der Waals surface area contributed by atoms with Crippen LogP contribution in [-0.2, 0) is 19.6 Å². The van der Waals surface area contributed by atoms with Crippen LogP contribution in [-0.4, -0.2) is 69.9 Å². The van der Waals surface area contributed by atoms with Crippen molar-refractivity contribution >= 4 is 60.8 Å². The summed E-state index contributed by atoms with van der Waals surface area (Å²) in [6.07, 6.45) is 1.41. The summed E-state index contributed by atoms with van der Waals surface area (Å²) in [5.74, 6) is 0.155. The van der Waals surface area contributed by atoms with Crippen LogP contribution in [0.4, 0.5) is 0 Å². The fourth-order valence-electron chi connectivity index (χ4n) is 5.64. The van der Waals surface area contributed by atoms with E-state index in [0.717, 1.165) is 16.5 Å². The molecule has 2 fully saturated rings. The Hall–Kier alpha value is -3.19. The van der Waals surface area contributed by atoms with Crippen molar-refractivity contribution in [2.24, 2.45) is 17.8 Å². The van der Waals surface area contributed by atoms with Crippen LogP contribution in [0.3, 0.4) is 0 Å². The molecule has 4 atom stereocenters. The third-order valence-corrected chi connectivity index (χ3v) is 10.9. The number of methoxy groups -OCH3 is 1. The first-order valence-electron chi connectivity index (χ1n) is 14.2. The Bertz CT molecular complexity index is 1610. The molecule has 2 unspecified atom stereocenters. The number of carbonyl (C=O) groups excluding carboxylic acids is 3. The number of thiophene rings is 1. The molecule has 3 aromatic rings. The molecule has 2 aromatic carbocycles. The molecule has 2 heterocycles. The number of halogens is 1. The van der Waals surface area contributed by atoms with Crippen LogP contribution in [0.25, 0.3) is 10.1 Å². The van der Waals surface area contributed by atoms with E-state index in [0.29, 0.717) is 29.5 Å². The van der Waals surface area contributed by atoms with Gasteiger partial charge in [0.15, 0.2) is 0 Å². The Labute approximate surface area is 260 Å². The Morgan fingerprint density at radius 2 is 1.91 bits per heavy atom. The van der Waals surface area contributed by atoms with Crippen LogP contribution in [0.15, 0.2) is 53.4 Å². The number of sulfonamides is 1. The first-order chi connectivity index (χ1) is 20.5. The number of nitrogens with one attached hydrogen (secondary N) is 3. The van der Waals surface area contributed by atoms with Gasteiger partial charge in [0.05, 0.1) is 29.6 Å². The van der Waals surface area contributed by atoms with Gasteiger partial charge < -0.3 is 20.3 Å². The molecule has 13 heteroatoms. The number of amides is 3. The van der Waals surface area contributed by atoms with Gasteiger partial charge in [-0.25, -0.2) is 13.1 Å². The minimum absolute atomic E-state index is 0.0160. The van der Waals surface area contributed by atoms with Crippen LogP contribution in [0.1, 0.15) is 36.4 Å². The zero-order valence-electron chi connectivity index (χ0n) is 24.1. The van der Waals surface area contributed by atoms with Gasteiger partial charge in [0, 0.05) is 23.9 Å². The van der Waals surface area contributed by atoms with Gasteiger partial charge >= 0.3 is 0 Å². The first kappa shape index (κ1) is 31.2. The van der Waals surface area contributed by atoms with E-state index in [1.165, 1.54) is 36.6 Å². The van der Waals surface area contributed by atoms with E-state index in [9.17, 15) is 22.8 Å². The Morgan fingerprint density at radius 1 is 1.14 bits per heavy atom. The molecule has 230 valence electrons. The zero-order chi connectivity index (χ0) is 30.9. The first-order valence-corrected chi connectivity index (χ1v) is 16.8. The highest BCUT2D eigenvalue weighted by molar-refractivity contribution is 7.89. The van der Waals surface area contributed by atoms with Crippen LogP contribution in [0, 0.1) is 17.8 Å². The molecular formula is C30H35ClN4O6S2. The largest absolute Gasteiger partial charge is 0.497 e. The van der Waals surface area contributed by atoms with E-state index in [1.807, 2.05) is 44.2 Å². The van der Waals surface area contributed by atoms with E-state index in [4.69, 9.17) is 16.3 Å². The average molecular weight is 647 g/mol. The summed E-state index contributed by atoms with van der Waals surface area (Å²) in [7, 11) is -2.60. The van der Waals surface area contributed by atoms with Crippen LogP contribution in [0.5, 0.6) is 5.75 Å². The lowest BCUT2D eigenvalue weighted by Crippen LogP contribution is -2.52. The van der Waals surface area contributed by atoms with Gasteiger partial charge in [-0.15, -0.1) is 11.3 Å². The number of hydrogen-bond acceptors (Lipinski definition) is 7. The monoisotopic (exact) mass is 646 g/mol. The molecule has 0 bridgehead atoms. The maximum Gasteiger partial charge on any atom is 0.262 e. The molecular weight excluding hydrogens is 612 g/mol. The highest BCUT2D eigenvalue weighted by Crippen LogP contribution is 2.49. The number of likely N-dealkylation sites (tertiary alicyclic amines) is 1. The van der Waals surface area contributed by atoms with Crippen molar-refractivity contribution in [1.82, 2.24) is 20.3 Å². The summed E-state index contributed by atoms with van der Waals surface area (Å²) < 4.78 is 34.1. The zero-order valence-corrected chi connectivity index (χ0v) is 26.5. The van der Waals surface area contributed by atoms with Gasteiger partial charge in [-0.1, -0.05) is 43.6 Å². The number of carbonyl (C=O) groups is 3. The molecule has 1 saturated heterocycles. The number of rotatable bonds is 12. The van der Waals surface area contributed by atoms with Gasteiger partial charge in [0.25, 0.3) is 5.91 Å². The molecule has 1 aromatic heterocycles. The minimum Gasteiger partial charge on any atom is -0.497 e. The third-order valence-electron chi connectivity index (χ3n) is 7.93. The van der Waals surface area contributed by atoms with E-state index >= 15 is 0 Å². The van der Waals surface area contributed by atoms with Gasteiger partial charge in [-0.05, 0) is 60.2 Å². The quantitative estimate of drug-likeness (QED) is 0.275. The van der Waals surface area contributed by atoms with Crippen LogP contribution in [0.2, 0.25) is 5.02 Å².